The van der Waals surface area contributed by atoms with Gasteiger partial charge < -0.3 is 9.15 Å². The molecule has 0 fully saturated rings. The van der Waals surface area contributed by atoms with Gasteiger partial charge in [-0.1, -0.05) is 43.7 Å². The molecule has 5 rings (SSSR count). The first-order valence-electron chi connectivity index (χ1n) is 11.7. The van der Waals surface area contributed by atoms with Crippen molar-refractivity contribution in [3.63, 3.8) is 0 Å². The van der Waals surface area contributed by atoms with Crippen molar-refractivity contribution in [2.75, 3.05) is 11.5 Å². The fourth-order valence-corrected chi connectivity index (χ4v) is 4.46. The Morgan fingerprint density at radius 2 is 1.71 bits per heavy atom. The van der Waals surface area contributed by atoms with Crippen LogP contribution in [0.15, 0.2) is 75.9 Å². The maximum atomic E-state index is 13.7. The van der Waals surface area contributed by atoms with Crippen LogP contribution >= 0.6 is 0 Å². The van der Waals surface area contributed by atoms with E-state index in [0.717, 1.165) is 41.0 Å². The van der Waals surface area contributed by atoms with Gasteiger partial charge in [-0.05, 0) is 73.4 Å². The zero-order chi connectivity index (χ0) is 23.8. The molecular weight excluding hydrogens is 426 g/mol. The van der Waals surface area contributed by atoms with Crippen LogP contribution in [-0.4, -0.2) is 12.5 Å². The van der Waals surface area contributed by atoms with Gasteiger partial charge in [0.05, 0.1) is 23.6 Å². The van der Waals surface area contributed by atoms with Gasteiger partial charge in [0, 0.05) is 5.69 Å². The average Bonchev–Trinajstić information content (AvgIpc) is 3.14. The Kier molecular flexibility index (Phi) is 5.70. The quantitative estimate of drug-likeness (QED) is 0.320. The summed E-state index contributed by atoms with van der Waals surface area (Å²) < 4.78 is 11.8. The smallest absolute Gasteiger partial charge is 0.295 e. The molecule has 1 atom stereocenters. The maximum absolute atomic E-state index is 13.7. The zero-order valence-corrected chi connectivity index (χ0v) is 19.6. The number of para-hydroxylation sites is 1. The molecule has 1 aliphatic rings. The van der Waals surface area contributed by atoms with Gasteiger partial charge in [0.25, 0.3) is 5.91 Å². The highest BCUT2D eigenvalue weighted by Gasteiger charge is 2.43. The van der Waals surface area contributed by atoms with E-state index < -0.39 is 6.04 Å². The molecule has 1 aliphatic heterocycles. The van der Waals surface area contributed by atoms with Crippen LogP contribution in [0.3, 0.4) is 0 Å². The standard InChI is InChI=1S/C29H27NO4/c1-4-5-16-33-22-14-11-20(12-15-22)26-25-27(31)23-8-6-7-9-24(23)34-28(25)29(32)30(26)21-13-10-18(2)19(3)17-21/h6-15,17,26H,4-5,16H2,1-3H3. The van der Waals surface area contributed by atoms with Crippen molar-refractivity contribution in [2.24, 2.45) is 0 Å². The molecule has 1 aromatic heterocycles. The second kappa shape index (κ2) is 8.82. The summed E-state index contributed by atoms with van der Waals surface area (Å²) in [6.45, 7) is 6.83. The number of carbonyl (C=O) groups excluding carboxylic acids is 1. The number of anilines is 1. The average molecular weight is 454 g/mol. The van der Waals surface area contributed by atoms with Gasteiger partial charge >= 0.3 is 0 Å². The van der Waals surface area contributed by atoms with E-state index in [-0.39, 0.29) is 17.1 Å². The molecule has 4 aromatic rings. The first-order valence-corrected chi connectivity index (χ1v) is 11.7. The lowest BCUT2D eigenvalue weighted by Gasteiger charge is -2.26. The number of unbranched alkanes of at least 4 members (excludes halogenated alkanes) is 1. The number of benzene rings is 3. The predicted octanol–water partition coefficient (Wildman–Crippen LogP) is 6.34. The Morgan fingerprint density at radius 3 is 2.44 bits per heavy atom. The van der Waals surface area contributed by atoms with E-state index in [2.05, 4.69) is 6.92 Å². The van der Waals surface area contributed by atoms with Crippen molar-refractivity contribution in [2.45, 2.75) is 39.7 Å². The lowest BCUT2D eigenvalue weighted by molar-refractivity contribution is 0.0971. The third kappa shape index (κ3) is 3.67. The van der Waals surface area contributed by atoms with Crippen LogP contribution in [0.25, 0.3) is 11.0 Å². The number of nitrogens with zero attached hydrogens (tertiary/aromatic N) is 1. The molecule has 0 radical (unpaired) electrons. The molecule has 0 spiro atoms. The van der Waals surface area contributed by atoms with Gasteiger partial charge in [-0.3, -0.25) is 14.5 Å². The highest BCUT2D eigenvalue weighted by molar-refractivity contribution is 6.10. The molecule has 0 aliphatic carbocycles. The highest BCUT2D eigenvalue weighted by Crippen LogP contribution is 2.41. The summed E-state index contributed by atoms with van der Waals surface area (Å²) in [5.41, 5.74) is 4.39. The number of aryl methyl sites for hydroxylation is 2. The molecule has 3 aromatic carbocycles. The number of ether oxygens (including phenoxy) is 1. The SMILES string of the molecule is CCCCOc1ccc(C2c3c(oc4ccccc4c3=O)C(=O)N2c2ccc(C)c(C)c2)cc1. The van der Waals surface area contributed by atoms with E-state index in [1.807, 2.05) is 56.3 Å². The van der Waals surface area contributed by atoms with Crippen molar-refractivity contribution in [1.82, 2.24) is 0 Å². The summed E-state index contributed by atoms with van der Waals surface area (Å²) in [5.74, 6) is 0.564. The molecule has 0 saturated carbocycles. The lowest BCUT2D eigenvalue weighted by atomic mass is 9.98. The summed E-state index contributed by atoms with van der Waals surface area (Å²) in [6, 6.07) is 20.0. The Balaban J connectivity index is 1.67. The van der Waals surface area contributed by atoms with Crippen molar-refractivity contribution in [1.29, 1.82) is 0 Å². The highest BCUT2D eigenvalue weighted by atomic mass is 16.5. The minimum atomic E-state index is -0.588. The third-order valence-corrected chi connectivity index (χ3v) is 6.51. The van der Waals surface area contributed by atoms with E-state index in [0.29, 0.717) is 23.1 Å². The second-order valence-corrected chi connectivity index (χ2v) is 8.79. The molecule has 1 amide bonds. The monoisotopic (exact) mass is 453 g/mol. The van der Waals surface area contributed by atoms with Crippen LogP contribution in [0.1, 0.15) is 58.6 Å². The summed E-state index contributed by atoms with van der Waals surface area (Å²) in [6.07, 6.45) is 2.05. The zero-order valence-electron chi connectivity index (χ0n) is 19.6. The van der Waals surface area contributed by atoms with E-state index >= 15 is 0 Å². The van der Waals surface area contributed by atoms with E-state index in [1.54, 1.807) is 29.2 Å². The Labute approximate surface area is 198 Å². The number of fused-ring (bicyclic) bond motifs is 2. The van der Waals surface area contributed by atoms with Crippen LogP contribution < -0.4 is 15.1 Å². The van der Waals surface area contributed by atoms with Gasteiger partial charge in [-0.2, -0.15) is 0 Å². The van der Waals surface area contributed by atoms with Gasteiger partial charge in [-0.25, -0.2) is 0 Å². The second-order valence-electron chi connectivity index (χ2n) is 8.79. The first kappa shape index (κ1) is 22.0. The van der Waals surface area contributed by atoms with Crippen LogP contribution in [0.2, 0.25) is 0 Å². The number of amides is 1. The van der Waals surface area contributed by atoms with Crippen LogP contribution in [0, 0.1) is 13.8 Å². The van der Waals surface area contributed by atoms with Crippen LogP contribution in [0.5, 0.6) is 5.75 Å². The van der Waals surface area contributed by atoms with Crippen molar-refractivity contribution in [3.8, 4) is 5.75 Å². The van der Waals surface area contributed by atoms with E-state index in [9.17, 15) is 9.59 Å². The van der Waals surface area contributed by atoms with Crippen molar-refractivity contribution < 1.29 is 13.9 Å². The molecule has 0 saturated heterocycles. The van der Waals surface area contributed by atoms with Crippen LogP contribution in [-0.2, 0) is 0 Å². The van der Waals surface area contributed by atoms with E-state index in [4.69, 9.17) is 9.15 Å². The molecule has 5 heteroatoms. The topological polar surface area (TPSA) is 59.8 Å². The van der Waals surface area contributed by atoms with Gasteiger partial charge in [0.15, 0.2) is 5.43 Å². The predicted molar refractivity (Wildman–Crippen MR) is 134 cm³/mol. The summed E-state index contributed by atoms with van der Waals surface area (Å²) in [5, 5.41) is 0.473. The summed E-state index contributed by atoms with van der Waals surface area (Å²) >= 11 is 0. The molecule has 172 valence electrons. The molecule has 5 nitrogen and oxygen atoms in total. The maximum Gasteiger partial charge on any atom is 0.295 e. The van der Waals surface area contributed by atoms with Gasteiger partial charge in [-0.15, -0.1) is 0 Å². The minimum Gasteiger partial charge on any atom is -0.494 e. The molecular formula is C29H27NO4. The van der Waals surface area contributed by atoms with Crippen molar-refractivity contribution >= 4 is 22.6 Å². The van der Waals surface area contributed by atoms with Crippen LogP contribution in [0.4, 0.5) is 5.69 Å². The third-order valence-electron chi connectivity index (χ3n) is 6.51. The first-order chi connectivity index (χ1) is 16.5. The Morgan fingerprint density at radius 1 is 0.941 bits per heavy atom. The fraction of sp³-hybridized carbons (Fsp3) is 0.241. The van der Waals surface area contributed by atoms with Crippen molar-refractivity contribution in [3.05, 3.63) is 105 Å². The fourth-order valence-electron chi connectivity index (χ4n) is 4.46. The summed E-state index contributed by atoms with van der Waals surface area (Å²) in [4.78, 5) is 29.0. The normalized spacial score (nSPS) is 15.1. The largest absolute Gasteiger partial charge is 0.494 e. The van der Waals surface area contributed by atoms with E-state index in [1.165, 1.54) is 0 Å². The molecule has 0 bridgehead atoms. The lowest BCUT2D eigenvalue weighted by Crippen LogP contribution is -2.29. The minimum absolute atomic E-state index is 0.107. The Hall–Kier alpha value is -3.86. The number of hydrogen-bond acceptors (Lipinski definition) is 4. The molecule has 2 heterocycles. The number of rotatable bonds is 6. The van der Waals surface area contributed by atoms with Gasteiger partial charge in [0.1, 0.15) is 11.3 Å². The molecule has 1 unspecified atom stereocenters. The summed E-state index contributed by atoms with van der Waals surface area (Å²) in [7, 11) is 0. The molecule has 0 N–H and O–H groups in total. The number of carbonyl (C=O) groups is 1. The Bertz CT molecular complexity index is 1440. The molecule has 34 heavy (non-hydrogen) atoms. The van der Waals surface area contributed by atoms with Gasteiger partial charge in [0.2, 0.25) is 5.76 Å². The number of hydrogen-bond donors (Lipinski definition) is 0.